The Bertz CT molecular complexity index is 647. The lowest BCUT2D eigenvalue weighted by molar-refractivity contribution is -0.137. The number of carbonyl (C=O) groups is 1. The third-order valence-electron chi connectivity index (χ3n) is 2.54. The molecule has 0 amide bonds. The highest BCUT2D eigenvalue weighted by Gasteiger charge is 2.11. The molecule has 0 saturated carbocycles. The maximum Gasteiger partial charge on any atom is 0.348 e. The average molecular weight is 240 g/mol. The maximum absolute atomic E-state index is 11.5. The molecule has 1 aromatic heterocycles. The Kier molecular flexibility index (Phi) is 3.44. The van der Waals surface area contributed by atoms with E-state index in [1.807, 2.05) is 30.3 Å². The van der Waals surface area contributed by atoms with E-state index < -0.39 is 5.97 Å². The van der Waals surface area contributed by atoms with Gasteiger partial charge in [0, 0.05) is 22.7 Å². The molecule has 0 spiro atoms. The van der Waals surface area contributed by atoms with Crippen LogP contribution >= 0.6 is 0 Å². The number of nitriles is 1. The van der Waals surface area contributed by atoms with Crippen molar-refractivity contribution in [1.29, 1.82) is 5.26 Å². The molecule has 90 valence electrons. The number of aromatic nitrogens is 1. The fourth-order valence-corrected chi connectivity index (χ4v) is 1.71. The molecule has 18 heavy (non-hydrogen) atoms. The lowest BCUT2D eigenvalue weighted by atomic mass is 10.1. The number of hydrogen-bond acceptors (Lipinski definition) is 3. The number of ether oxygens (including phenoxy) is 1. The standard InChI is InChI=1S/C14H12N2O2/c1-2-18-14(17)10(8-15)7-11-9-16-13-6-4-3-5-12(11)13/h3-7,9,16H,2H2,1H3/b10-7+. The van der Waals surface area contributed by atoms with Crippen molar-refractivity contribution in [1.82, 2.24) is 4.98 Å². The van der Waals surface area contributed by atoms with Crippen LogP contribution in [0.2, 0.25) is 0 Å². The summed E-state index contributed by atoms with van der Waals surface area (Å²) in [5, 5.41) is 9.93. The number of H-pyrrole nitrogens is 1. The summed E-state index contributed by atoms with van der Waals surface area (Å²) in [6, 6.07) is 9.55. The van der Waals surface area contributed by atoms with Gasteiger partial charge >= 0.3 is 5.97 Å². The molecule has 0 atom stereocenters. The van der Waals surface area contributed by atoms with Crippen LogP contribution in [0.5, 0.6) is 0 Å². The summed E-state index contributed by atoms with van der Waals surface area (Å²) in [5.41, 5.74) is 1.77. The Morgan fingerprint density at radius 1 is 1.50 bits per heavy atom. The van der Waals surface area contributed by atoms with E-state index in [0.717, 1.165) is 16.5 Å². The molecule has 0 saturated heterocycles. The molecule has 0 bridgehead atoms. The molecule has 0 aliphatic heterocycles. The van der Waals surface area contributed by atoms with E-state index in [4.69, 9.17) is 10.00 Å². The first-order valence-corrected chi connectivity index (χ1v) is 5.61. The van der Waals surface area contributed by atoms with Crippen LogP contribution in [0.1, 0.15) is 12.5 Å². The smallest absolute Gasteiger partial charge is 0.348 e. The molecule has 0 fully saturated rings. The predicted octanol–water partition coefficient (Wildman–Crippen LogP) is 2.64. The number of rotatable bonds is 3. The number of aromatic amines is 1. The zero-order valence-corrected chi connectivity index (χ0v) is 9.93. The fourth-order valence-electron chi connectivity index (χ4n) is 1.71. The van der Waals surface area contributed by atoms with Gasteiger partial charge < -0.3 is 9.72 Å². The molecule has 0 unspecified atom stereocenters. The van der Waals surface area contributed by atoms with E-state index in [-0.39, 0.29) is 12.2 Å². The molecule has 2 aromatic rings. The van der Waals surface area contributed by atoms with Crippen molar-refractivity contribution in [3.63, 3.8) is 0 Å². The number of para-hydroxylation sites is 1. The third kappa shape index (κ3) is 2.25. The summed E-state index contributed by atoms with van der Waals surface area (Å²) in [5.74, 6) is -0.592. The lowest BCUT2D eigenvalue weighted by Crippen LogP contribution is -2.05. The zero-order chi connectivity index (χ0) is 13.0. The minimum absolute atomic E-state index is 0.00148. The van der Waals surface area contributed by atoms with Crippen molar-refractivity contribution in [2.45, 2.75) is 6.92 Å². The van der Waals surface area contributed by atoms with E-state index in [1.54, 1.807) is 13.1 Å². The molecule has 2 rings (SSSR count). The largest absolute Gasteiger partial charge is 0.462 e. The molecule has 4 heteroatoms. The second-order valence-corrected chi connectivity index (χ2v) is 3.68. The number of carbonyl (C=O) groups excluding carboxylic acids is 1. The van der Waals surface area contributed by atoms with Gasteiger partial charge in [-0.05, 0) is 19.1 Å². The highest BCUT2D eigenvalue weighted by Crippen LogP contribution is 2.20. The Morgan fingerprint density at radius 2 is 2.28 bits per heavy atom. The van der Waals surface area contributed by atoms with Crippen LogP contribution in [0.15, 0.2) is 36.0 Å². The van der Waals surface area contributed by atoms with Gasteiger partial charge in [-0.15, -0.1) is 0 Å². The predicted molar refractivity (Wildman–Crippen MR) is 68.5 cm³/mol. The van der Waals surface area contributed by atoms with Crippen LogP contribution in [-0.4, -0.2) is 17.6 Å². The van der Waals surface area contributed by atoms with E-state index in [9.17, 15) is 4.79 Å². The number of fused-ring (bicyclic) bond motifs is 1. The Balaban J connectivity index is 2.42. The first-order chi connectivity index (χ1) is 8.76. The van der Waals surface area contributed by atoms with Gasteiger partial charge in [0.25, 0.3) is 0 Å². The minimum Gasteiger partial charge on any atom is -0.462 e. The molecule has 1 heterocycles. The monoisotopic (exact) mass is 240 g/mol. The van der Waals surface area contributed by atoms with Gasteiger partial charge in [0.1, 0.15) is 11.6 Å². The molecular weight excluding hydrogens is 228 g/mol. The Labute approximate surface area is 104 Å². The topological polar surface area (TPSA) is 65.9 Å². The summed E-state index contributed by atoms with van der Waals surface area (Å²) in [6.07, 6.45) is 3.30. The van der Waals surface area contributed by atoms with E-state index in [2.05, 4.69) is 4.98 Å². The Hall–Kier alpha value is -2.54. The van der Waals surface area contributed by atoms with Crippen LogP contribution in [0.25, 0.3) is 17.0 Å². The van der Waals surface area contributed by atoms with Crippen molar-refractivity contribution in [2.75, 3.05) is 6.61 Å². The summed E-state index contributed by atoms with van der Waals surface area (Å²) >= 11 is 0. The summed E-state index contributed by atoms with van der Waals surface area (Å²) in [7, 11) is 0. The molecule has 1 aromatic carbocycles. The SMILES string of the molecule is CCOC(=O)/C(C#N)=C/c1c[nH]c2ccccc12. The van der Waals surface area contributed by atoms with Gasteiger partial charge in [-0.3, -0.25) is 0 Å². The quantitative estimate of drug-likeness (QED) is 0.509. The molecular formula is C14H12N2O2. The number of nitrogens with one attached hydrogen (secondary N) is 1. The molecule has 1 N–H and O–H groups in total. The minimum atomic E-state index is -0.592. The number of benzene rings is 1. The number of esters is 1. The van der Waals surface area contributed by atoms with Crippen LogP contribution < -0.4 is 0 Å². The highest BCUT2D eigenvalue weighted by atomic mass is 16.5. The van der Waals surface area contributed by atoms with Crippen molar-refractivity contribution >= 4 is 22.9 Å². The second-order valence-electron chi connectivity index (χ2n) is 3.68. The van der Waals surface area contributed by atoms with Gasteiger partial charge in [0.05, 0.1) is 6.61 Å². The van der Waals surface area contributed by atoms with Crippen molar-refractivity contribution < 1.29 is 9.53 Å². The maximum atomic E-state index is 11.5. The van der Waals surface area contributed by atoms with Gasteiger partial charge in [-0.2, -0.15) is 5.26 Å². The highest BCUT2D eigenvalue weighted by molar-refractivity contribution is 6.01. The second kappa shape index (κ2) is 5.19. The van der Waals surface area contributed by atoms with Crippen LogP contribution in [0, 0.1) is 11.3 Å². The van der Waals surface area contributed by atoms with E-state index >= 15 is 0 Å². The summed E-state index contributed by atoms with van der Waals surface area (Å²) in [4.78, 5) is 14.6. The summed E-state index contributed by atoms with van der Waals surface area (Å²) in [6.45, 7) is 1.96. The Morgan fingerprint density at radius 3 is 3.00 bits per heavy atom. The van der Waals surface area contributed by atoms with Crippen molar-refractivity contribution in [3.8, 4) is 6.07 Å². The zero-order valence-electron chi connectivity index (χ0n) is 9.93. The van der Waals surface area contributed by atoms with Crippen LogP contribution in [0.4, 0.5) is 0 Å². The molecule has 4 nitrogen and oxygen atoms in total. The van der Waals surface area contributed by atoms with Crippen molar-refractivity contribution in [2.24, 2.45) is 0 Å². The molecule has 0 aliphatic carbocycles. The van der Waals surface area contributed by atoms with Gasteiger partial charge in [0.2, 0.25) is 0 Å². The first-order valence-electron chi connectivity index (χ1n) is 5.61. The van der Waals surface area contributed by atoms with E-state index in [0.29, 0.717) is 0 Å². The third-order valence-corrected chi connectivity index (χ3v) is 2.54. The molecule has 0 aliphatic rings. The normalized spacial score (nSPS) is 11.2. The van der Waals surface area contributed by atoms with Gasteiger partial charge in [-0.25, -0.2) is 4.79 Å². The average Bonchev–Trinajstić information content (AvgIpc) is 2.79. The fraction of sp³-hybridized carbons (Fsp3) is 0.143. The molecule has 0 radical (unpaired) electrons. The van der Waals surface area contributed by atoms with Gasteiger partial charge in [-0.1, -0.05) is 18.2 Å². The number of hydrogen-bond donors (Lipinski definition) is 1. The number of nitrogens with zero attached hydrogens (tertiary/aromatic N) is 1. The van der Waals surface area contributed by atoms with Gasteiger partial charge in [0.15, 0.2) is 0 Å². The first kappa shape index (κ1) is 11.9. The summed E-state index contributed by atoms with van der Waals surface area (Å²) < 4.78 is 4.82. The lowest BCUT2D eigenvalue weighted by Gasteiger charge is -1.98. The van der Waals surface area contributed by atoms with E-state index in [1.165, 1.54) is 6.08 Å². The van der Waals surface area contributed by atoms with Crippen LogP contribution in [-0.2, 0) is 9.53 Å². The van der Waals surface area contributed by atoms with Crippen LogP contribution in [0.3, 0.4) is 0 Å². The van der Waals surface area contributed by atoms with Crippen molar-refractivity contribution in [3.05, 3.63) is 41.6 Å².